The Morgan fingerprint density at radius 1 is 0.941 bits per heavy atom. The van der Waals surface area contributed by atoms with E-state index in [-0.39, 0.29) is 0 Å². The van der Waals surface area contributed by atoms with Crippen LogP contribution in [-0.4, -0.2) is 34.1 Å². The first kappa shape index (κ1) is 26.9. The molecule has 0 fully saturated rings. The topological polar surface area (TPSA) is 21.1 Å². The second kappa shape index (κ2) is 12.8. The van der Waals surface area contributed by atoms with Crippen LogP contribution in [0.1, 0.15) is 57.3 Å². The molecule has 1 heterocycles. The highest BCUT2D eigenvalue weighted by atomic mass is 35.5. The van der Waals surface area contributed by atoms with E-state index >= 15 is 0 Å². The van der Waals surface area contributed by atoms with Crippen molar-refractivity contribution in [2.24, 2.45) is 0 Å². The SMILES string of the molecule is CCCCN(CCCC)CCCn1c(CSc2ccc(Cl)cc2)nc2cc(C(F)(F)F)ccc21. The summed E-state index contributed by atoms with van der Waals surface area (Å²) < 4.78 is 41.9. The van der Waals surface area contributed by atoms with Crippen LogP contribution in [-0.2, 0) is 18.5 Å². The predicted molar refractivity (Wildman–Crippen MR) is 137 cm³/mol. The monoisotopic (exact) mass is 511 g/mol. The van der Waals surface area contributed by atoms with Gasteiger partial charge in [0.15, 0.2) is 0 Å². The Morgan fingerprint density at radius 3 is 2.21 bits per heavy atom. The highest BCUT2D eigenvalue weighted by Gasteiger charge is 2.31. The van der Waals surface area contributed by atoms with Gasteiger partial charge in [-0.25, -0.2) is 4.98 Å². The molecule has 0 unspecified atom stereocenters. The first-order valence-electron chi connectivity index (χ1n) is 12.0. The average molecular weight is 512 g/mol. The van der Waals surface area contributed by atoms with E-state index < -0.39 is 11.7 Å². The van der Waals surface area contributed by atoms with Gasteiger partial charge < -0.3 is 9.47 Å². The van der Waals surface area contributed by atoms with E-state index in [2.05, 4.69) is 28.3 Å². The van der Waals surface area contributed by atoms with E-state index in [0.29, 0.717) is 16.3 Å². The molecule has 0 radical (unpaired) electrons. The predicted octanol–water partition coefficient (Wildman–Crippen LogP) is 8.29. The summed E-state index contributed by atoms with van der Waals surface area (Å²) in [6.45, 7) is 8.30. The molecule has 0 aliphatic carbocycles. The third-order valence-corrected chi connectivity index (χ3v) is 7.11. The number of imidazole rings is 1. The van der Waals surface area contributed by atoms with Gasteiger partial charge in [-0.3, -0.25) is 0 Å². The van der Waals surface area contributed by atoms with Gasteiger partial charge in [0.1, 0.15) is 5.82 Å². The number of unbranched alkanes of at least 4 members (excludes halogenated alkanes) is 2. The van der Waals surface area contributed by atoms with Gasteiger partial charge in [-0.1, -0.05) is 38.3 Å². The zero-order chi connectivity index (χ0) is 24.6. The minimum atomic E-state index is -4.38. The Morgan fingerprint density at radius 2 is 1.59 bits per heavy atom. The summed E-state index contributed by atoms with van der Waals surface area (Å²) in [5.41, 5.74) is 0.496. The third kappa shape index (κ3) is 7.65. The van der Waals surface area contributed by atoms with Crippen molar-refractivity contribution in [2.75, 3.05) is 19.6 Å². The lowest BCUT2D eigenvalue weighted by atomic mass is 10.2. The second-order valence-corrected chi connectivity index (χ2v) is 10.0. The number of hydrogen-bond donors (Lipinski definition) is 0. The molecule has 0 aliphatic rings. The van der Waals surface area contributed by atoms with Gasteiger partial charge in [0.25, 0.3) is 0 Å². The zero-order valence-corrected chi connectivity index (χ0v) is 21.4. The van der Waals surface area contributed by atoms with Crippen LogP contribution in [0.3, 0.4) is 0 Å². The van der Waals surface area contributed by atoms with Gasteiger partial charge in [0, 0.05) is 16.5 Å². The summed E-state index contributed by atoms with van der Waals surface area (Å²) in [5.74, 6) is 1.37. The van der Waals surface area contributed by atoms with Crippen molar-refractivity contribution in [3.8, 4) is 0 Å². The van der Waals surface area contributed by atoms with Crippen molar-refractivity contribution in [2.45, 2.75) is 69.3 Å². The molecule has 3 aromatic rings. The largest absolute Gasteiger partial charge is 0.416 e. The van der Waals surface area contributed by atoms with E-state index in [1.54, 1.807) is 17.8 Å². The number of halogens is 4. The first-order valence-corrected chi connectivity index (χ1v) is 13.3. The lowest BCUT2D eigenvalue weighted by Crippen LogP contribution is -2.28. The van der Waals surface area contributed by atoms with Gasteiger partial charge in [-0.15, -0.1) is 11.8 Å². The molecule has 0 saturated heterocycles. The van der Waals surface area contributed by atoms with Crippen molar-refractivity contribution in [1.82, 2.24) is 14.5 Å². The lowest BCUT2D eigenvalue weighted by Gasteiger charge is -2.22. The molecule has 1 aromatic heterocycles. The molecule has 34 heavy (non-hydrogen) atoms. The van der Waals surface area contributed by atoms with Crippen molar-refractivity contribution in [3.63, 3.8) is 0 Å². The van der Waals surface area contributed by atoms with Crippen LogP contribution in [0, 0.1) is 0 Å². The Kier molecular flexibility index (Phi) is 10.2. The first-order chi connectivity index (χ1) is 16.3. The van der Waals surface area contributed by atoms with E-state index in [0.717, 1.165) is 61.0 Å². The average Bonchev–Trinajstić information content (AvgIpc) is 3.16. The van der Waals surface area contributed by atoms with Crippen molar-refractivity contribution in [3.05, 3.63) is 58.9 Å². The van der Waals surface area contributed by atoms with Crippen molar-refractivity contribution in [1.29, 1.82) is 0 Å². The van der Waals surface area contributed by atoms with Crippen LogP contribution in [0.15, 0.2) is 47.4 Å². The van der Waals surface area contributed by atoms with Crippen molar-refractivity contribution < 1.29 is 13.2 Å². The molecule has 0 saturated carbocycles. The Balaban J connectivity index is 1.79. The second-order valence-electron chi connectivity index (χ2n) is 8.53. The number of aryl methyl sites for hydroxylation is 1. The van der Waals surface area contributed by atoms with Crippen LogP contribution < -0.4 is 0 Å². The molecule has 0 bridgehead atoms. The maximum atomic E-state index is 13.3. The molecular weight excluding hydrogens is 479 g/mol. The maximum Gasteiger partial charge on any atom is 0.416 e. The Labute approximate surface area is 209 Å². The Hall–Kier alpha value is -1.70. The number of benzene rings is 2. The maximum absolute atomic E-state index is 13.3. The summed E-state index contributed by atoms with van der Waals surface area (Å²) in [6, 6.07) is 11.4. The molecule has 8 heteroatoms. The van der Waals surface area contributed by atoms with E-state index in [1.807, 2.05) is 24.3 Å². The molecule has 2 aromatic carbocycles. The molecule has 3 rings (SSSR count). The number of thioether (sulfide) groups is 1. The fourth-order valence-electron chi connectivity index (χ4n) is 3.95. The number of fused-ring (bicyclic) bond motifs is 1. The molecule has 0 aliphatic heterocycles. The molecule has 0 spiro atoms. The highest BCUT2D eigenvalue weighted by Crippen LogP contribution is 2.32. The number of aromatic nitrogens is 2. The molecule has 0 amide bonds. The zero-order valence-electron chi connectivity index (χ0n) is 19.9. The summed E-state index contributed by atoms with van der Waals surface area (Å²) in [7, 11) is 0. The van der Waals surface area contributed by atoms with Crippen LogP contribution in [0.4, 0.5) is 13.2 Å². The minimum Gasteiger partial charge on any atom is -0.327 e. The number of rotatable bonds is 13. The summed E-state index contributed by atoms with van der Waals surface area (Å²) in [6.07, 6.45) is 1.25. The molecule has 186 valence electrons. The van der Waals surface area contributed by atoms with Gasteiger partial charge in [-0.2, -0.15) is 13.2 Å². The fraction of sp³-hybridized carbons (Fsp3) is 0.500. The summed E-state index contributed by atoms with van der Waals surface area (Å²) in [5, 5.41) is 0.673. The van der Waals surface area contributed by atoms with Gasteiger partial charge in [0.2, 0.25) is 0 Å². The van der Waals surface area contributed by atoms with Gasteiger partial charge in [-0.05, 0) is 81.4 Å². The minimum absolute atomic E-state index is 0.398. The third-order valence-electron chi connectivity index (χ3n) is 5.85. The quantitative estimate of drug-likeness (QED) is 0.215. The van der Waals surface area contributed by atoms with Gasteiger partial charge >= 0.3 is 6.18 Å². The number of hydrogen-bond acceptors (Lipinski definition) is 3. The molecular formula is C26H33ClF3N3S. The standard InChI is InChI=1S/C26H33ClF3N3S/c1-3-5-14-32(15-6-4-2)16-7-17-33-24-13-8-20(26(28,29)30)18-23(24)31-25(33)19-34-22-11-9-21(27)10-12-22/h8-13,18H,3-7,14-17,19H2,1-2H3. The lowest BCUT2D eigenvalue weighted by molar-refractivity contribution is -0.137. The van der Waals surface area contributed by atoms with E-state index in [4.69, 9.17) is 11.6 Å². The fourth-order valence-corrected chi connectivity index (χ4v) is 4.92. The smallest absolute Gasteiger partial charge is 0.327 e. The van der Waals surface area contributed by atoms with E-state index in [1.165, 1.54) is 25.7 Å². The van der Waals surface area contributed by atoms with Crippen LogP contribution in [0.2, 0.25) is 5.02 Å². The van der Waals surface area contributed by atoms with Crippen LogP contribution >= 0.6 is 23.4 Å². The highest BCUT2D eigenvalue weighted by molar-refractivity contribution is 7.98. The summed E-state index contributed by atoms with van der Waals surface area (Å²) in [4.78, 5) is 8.17. The van der Waals surface area contributed by atoms with Crippen molar-refractivity contribution >= 4 is 34.4 Å². The number of nitrogens with zero attached hydrogens (tertiary/aromatic N) is 3. The number of alkyl halides is 3. The van der Waals surface area contributed by atoms with Crippen LogP contribution in [0.25, 0.3) is 11.0 Å². The van der Waals surface area contributed by atoms with Crippen LogP contribution in [0.5, 0.6) is 0 Å². The van der Waals surface area contributed by atoms with E-state index in [9.17, 15) is 13.2 Å². The molecule has 0 atom stereocenters. The Bertz CT molecular complexity index is 1030. The molecule has 3 nitrogen and oxygen atoms in total. The summed E-state index contributed by atoms with van der Waals surface area (Å²) >= 11 is 7.59. The molecule has 0 N–H and O–H groups in total. The normalized spacial score (nSPS) is 12.2. The van der Waals surface area contributed by atoms with Gasteiger partial charge in [0.05, 0.1) is 22.3 Å².